The number of aryl methyl sites for hydroxylation is 1. The first-order valence-corrected chi connectivity index (χ1v) is 7.71. The lowest BCUT2D eigenvalue weighted by molar-refractivity contribution is -0.133. The molecule has 0 aliphatic rings. The van der Waals surface area contributed by atoms with Crippen molar-refractivity contribution in [2.45, 2.75) is 13.5 Å². The van der Waals surface area contributed by atoms with Crippen LogP contribution in [0.15, 0.2) is 42.5 Å². The number of methoxy groups -OCH3 is 1. The molecule has 0 aliphatic carbocycles. The Labute approximate surface area is 146 Å². The lowest BCUT2D eigenvalue weighted by Gasteiger charge is -2.18. The van der Waals surface area contributed by atoms with Crippen molar-refractivity contribution in [1.29, 1.82) is 0 Å². The fourth-order valence-corrected chi connectivity index (χ4v) is 2.25. The quantitative estimate of drug-likeness (QED) is 0.756. The first kappa shape index (κ1) is 18.4. The Balaban J connectivity index is 1.91. The van der Waals surface area contributed by atoms with E-state index in [0.717, 1.165) is 17.2 Å². The number of esters is 1. The zero-order chi connectivity index (χ0) is 18.4. The van der Waals surface area contributed by atoms with Crippen LogP contribution in [0.5, 0.6) is 5.75 Å². The zero-order valence-electron chi connectivity index (χ0n) is 14.4. The summed E-state index contributed by atoms with van der Waals surface area (Å²) < 4.78 is 23.4. The highest BCUT2D eigenvalue weighted by molar-refractivity contribution is 5.91. The molecule has 0 heterocycles. The van der Waals surface area contributed by atoms with Crippen LogP contribution < -0.4 is 4.74 Å². The van der Waals surface area contributed by atoms with Crippen LogP contribution in [0, 0.1) is 12.7 Å². The summed E-state index contributed by atoms with van der Waals surface area (Å²) in [5, 5.41) is 0. The van der Waals surface area contributed by atoms with Gasteiger partial charge >= 0.3 is 5.97 Å². The number of halogens is 1. The molecule has 0 saturated heterocycles. The lowest BCUT2D eigenvalue weighted by Crippen LogP contribution is -2.31. The van der Waals surface area contributed by atoms with Crippen LogP contribution in [0.1, 0.15) is 21.5 Å². The fourth-order valence-electron chi connectivity index (χ4n) is 2.25. The predicted octanol–water partition coefficient (Wildman–Crippen LogP) is 2.96. The van der Waals surface area contributed by atoms with Crippen LogP contribution in [0.2, 0.25) is 0 Å². The van der Waals surface area contributed by atoms with Crippen LogP contribution in [-0.2, 0) is 16.1 Å². The molecule has 2 rings (SSSR count). The van der Waals surface area contributed by atoms with Gasteiger partial charge in [0.1, 0.15) is 0 Å². The van der Waals surface area contributed by atoms with Gasteiger partial charge in [0, 0.05) is 13.6 Å². The molecule has 5 nitrogen and oxygen atoms in total. The highest BCUT2D eigenvalue weighted by atomic mass is 19.1. The van der Waals surface area contributed by atoms with E-state index in [1.54, 1.807) is 7.05 Å². The second-order valence-corrected chi connectivity index (χ2v) is 5.60. The van der Waals surface area contributed by atoms with E-state index < -0.39 is 18.4 Å². The van der Waals surface area contributed by atoms with Gasteiger partial charge in [0.2, 0.25) is 0 Å². The maximum atomic E-state index is 13.6. The molecule has 0 saturated carbocycles. The molecular weight excluding hydrogens is 325 g/mol. The molecule has 132 valence electrons. The van der Waals surface area contributed by atoms with Gasteiger partial charge in [0.25, 0.3) is 5.91 Å². The van der Waals surface area contributed by atoms with Gasteiger partial charge in [-0.05, 0) is 36.2 Å². The van der Waals surface area contributed by atoms with Crippen LogP contribution in [0.4, 0.5) is 4.39 Å². The number of rotatable bonds is 6. The number of carbonyl (C=O) groups is 2. The van der Waals surface area contributed by atoms with Gasteiger partial charge in [-0.15, -0.1) is 0 Å². The van der Waals surface area contributed by atoms with E-state index in [4.69, 9.17) is 9.47 Å². The van der Waals surface area contributed by atoms with Crippen LogP contribution in [0.3, 0.4) is 0 Å². The minimum absolute atomic E-state index is 0.0210. The van der Waals surface area contributed by atoms with E-state index in [-0.39, 0.29) is 17.2 Å². The summed E-state index contributed by atoms with van der Waals surface area (Å²) in [5.41, 5.74) is 2.11. The van der Waals surface area contributed by atoms with Gasteiger partial charge in [-0.2, -0.15) is 0 Å². The summed E-state index contributed by atoms with van der Waals surface area (Å²) in [6.45, 7) is 1.97. The summed E-state index contributed by atoms with van der Waals surface area (Å²) in [6.07, 6.45) is 0. The number of benzene rings is 2. The van der Waals surface area contributed by atoms with E-state index in [0.29, 0.717) is 6.54 Å². The number of nitrogens with zero attached hydrogens (tertiary/aromatic N) is 1. The van der Waals surface area contributed by atoms with Crippen molar-refractivity contribution >= 4 is 11.9 Å². The van der Waals surface area contributed by atoms with E-state index in [2.05, 4.69) is 0 Å². The average molecular weight is 345 g/mol. The molecule has 0 atom stereocenters. The summed E-state index contributed by atoms with van der Waals surface area (Å²) in [7, 11) is 2.97. The van der Waals surface area contributed by atoms with E-state index in [9.17, 15) is 14.0 Å². The Bertz CT molecular complexity index is 776. The molecular formula is C19H20FNO4. The van der Waals surface area contributed by atoms with Crippen LogP contribution in [0.25, 0.3) is 0 Å². The molecule has 0 unspecified atom stereocenters. The van der Waals surface area contributed by atoms with Crippen molar-refractivity contribution in [3.63, 3.8) is 0 Å². The maximum Gasteiger partial charge on any atom is 0.338 e. The summed E-state index contributed by atoms with van der Waals surface area (Å²) in [6, 6.07) is 11.5. The summed E-state index contributed by atoms with van der Waals surface area (Å²) in [5.74, 6) is -1.74. The smallest absolute Gasteiger partial charge is 0.338 e. The molecule has 0 aromatic heterocycles. The molecule has 2 aromatic carbocycles. The van der Waals surface area contributed by atoms with Crippen molar-refractivity contribution in [2.75, 3.05) is 20.8 Å². The van der Waals surface area contributed by atoms with Gasteiger partial charge in [0.15, 0.2) is 18.2 Å². The molecule has 0 bridgehead atoms. The standard InChI is InChI=1S/C19H20FNO4/c1-13-6-4-5-7-15(13)11-21(2)18(22)12-25-19(23)14-8-9-17(24-3)16(20)10-14/h4-10H,11-12H2,1-3H3. The van der Waals surface area contributed by atoms with Crippen molar-refractivity contribution in [3.8, 4) is 5.75 Å². The van der Waals surface area contributed by atoms with E-state index in [1.807, 2.05) is 31.2 Å². The van der Waals surface area contributed by atoms with Crippen molar-refractivity contribution in [2.24, 2.45) is 0 Å². The number of carbonyl (C=O) groups excluding carboxylic acids is 2. The normalized spacial score (nSPS) is 10.2. The molecule has 2 aromatic rings. The summed E-state index contributed by atoms with van der Waals surface area (Å²) >= 11 is 0. The van der Waals surface area contributed by atoms with E-state index >= 15 is 0 Å². The van der Waals surface area contributed by atoms with Gasteiger partial charge in [-0.3, -0.25) is 4.79 Å². The Hall–Kier alpha value is -2.89. The zero-order valence-corrected chi connectivity index (χ0v) is 14.4. The molecule has 0 aliphatic heterocycles. The topological polar surface area (TPSA) is 55.8 Å². The Morgan fingerprint density at radius 2 is 1.88 bits per heavy atom. The van der Waals surface area contributed by atoms with Crippen molar-refractivity contribution < 1.29 is 23.5 Å². The Morgan fingerprint density at radius 1 is 1.16 bits per heavy atom. The van der Waals surface area contributed by atoms with E-state index in [1.165, 1.54) is 24.1 Å². The second kappa shape index (κ2) is 8.28. The molecule has 1 amide bonds. The average Bonchev–Trinajstić information content (AvgIpc) is 2.61. The number of hydrogen-bond acceptors (Lipinski definition) is 4. The van der Waals surface area contributed by atoms with Crippen molar-refractivity contribution in [1.82, 2.24) is 4.90 Å². The third-order valence-corrected chi connectivity index (χ3v) is 3.81. The Morgan fingerprint density at radius 3 is 2.52 bits per heavy atom. The third kappa shape index (κ3) is 4.79. The molecule has 0 radical (unpaired) electrons. The second-order valence-electron chi connectivity index (χ2n) is 5.60. The van der Waals surface area contributed by atoms with Gasteiger partial charge in [-0.1, -0.05) is 24.3 Å². The van der Waals surface area contributed by atoms with Crippen molar-refractivity contribution in [3.05, 3.63) is 65.0 Å². The monoisotopic (exact) mass is 345 g/mol. The highest BCUT2D eigenvalue weighted by Gasteiger charge is 2.16. The molecule has 25 heavy (non-hydrogen) atoms. The minimum atomic E-state index is -0.765. The number of hydrogen-bond donors (Lipinski definition) is 0. The first-order valence-electron chi connectivity index (χ1n) is 7.71. The predicted molar refractivity (Wildman–Crippen MR) is 90.9 cm³/mol. The molecule has 0 N–H and O–H groups in total. The largest absolute Gasteiger partial charge is 0.494 e. The third-order valence-electron chi connectivity index (χ3n) is 3.81. The first-order chi connectivity index (χ1) is 11.9. The van der Waals surface area contributed by atoms with Gasteiger partial charge < -0.3 is 14.4 Å². The lowest BCUT2D eigenvalue weighted by atomic mass is 10.1. The summed E-state index contributed by atoms with van der Waals surface area (Å²) in [4.78, 5) is 25.5. The van der Waals surface area contributed by atoms with Gasteiger partial charge in [0.05, 0.1) is 12.7 Å². The Kier molecular flexibility index (Phi) is 6.11. The number of ether oxygens (including phenoxy) is 2. The minimum Gasteiger partial charge on any atom is -0.494 e. The SMILES string of the molecule is COc1ccc(C(=O)OCC(=O)N(C)Cc2ccccc2C)cc1F. The fraction of sp³-hybridized carbons (Fsp3) is 0.263. The maximum absolute atomic E-state index is 13.6. The van der Waals surface area contributed by atoms with Crippen LogP contribution in [-0.4, -0.2) is 37.5 Å². The highest BCUT2D eigenvalue weighted by Crippen LogP contribution is 2.18. The molecule has 6 heteroatoms. The number of amides is 1. The van der Waals surface area contributed by atoms with Gasteiger partial charge in [-0.25, -0.2) is 9.18 Å². The molecule has 0 fully saturated rings. The number of likely N-dealkylation sites (N-methyl/N-ethyl adjacent to an activating group) is 1. The van der Waals surface area contributed by atoms with Crippen LogP contribution >= 0.6 is 0 Å². The molecule has 0 spiro atoms.